The fourth-order valence-corrected chi connectivity index (χ4v) is 1.72. The second-order valence-electron chi connectivity index (χ2n) is 6.04. The van der Waals surface area contributed by atoms with Gasteiger partial charge in [-0.05, 0) is 33.8 Å². The molecule has 0 heterocycles. The summed E-state index contributed by atoms with van der Waals surface area (Å²) < 4.78 is 11.2. The number of aliphatic hydroxyl groups excluding tert-OH is 1. The molecule has 1 aromatic rings. The summed E-state index contributed by atoms with van der Waals surface area (Å²) in [5.41, 5.74) is 1.10. The van der Waals surface area contributed by atoms with Gasteiger partial charge in [-0.1, -0.05) is 12.1 Å². The zero-order valence-corrected chi connectivity index (χ0v) is 13.2. The van der Waals surface area contributed by atoms with Gasteiger partial charge in [0.15, 0.2) is 11.5 Å². The Morgan fingerprint density at radius 1 is 1.30 bits per heavy atom. The first-order valence-corrected chi connectivity index (χ1v) is 7.05. The lowest BCUT2D eigenvalue weighted by atomic mass is 10.1. The van der Waals surface area contributed by atoms with Crippen molar-refractivity contribution < 1.29 is 14.6 Å². The van der Waals surface area contributed by atoms with Crippen LogP contribution in [0.5, 0.6) is 11.5 Å². The maximum absolute atomic E-state index is 9.31. The number of hydrogen-bond acceptors (Lipinski definition) is 4. The van der Waals surface area contributed by atoms with Crippen molar-refractivity contribution in [2.45, 2.75) is 52.3 Å². The van der Waals surface area contributed by atoms with Gasteiger partial charge >= 0.3 is 0 Å². The van der Waals surface area contributed by atoms with Crippen LogP contribution in [-0.4, -0.2) is 30.5 Å². The SMILES string of the molecule is COc1cccc(CNC(C)(C)C)c1OCCC(C)O. The van der Waals surface area contributed by atoms with Crippen molar-refractivity contribution in [3.63, 3.8) is 0 Å². The molecule has 0 radical (unpaired) electrons. The van der Waals surface area contributed by atoms with Crippen LogP contribution >= 0.6 is 0 Å². The van der Waals surface area contributed by atoms with E-state index in [0.29, 0.717) is 19.6 Å². The third-order valence-electron chi connectivity index (χ3n) is 2.87. The van der Waals surface area contributed by atoms with Crippen molar-refractivity contribution in [1.82, 2.24) is 5.32 Å². The van der Waals surface area contributed by atoms with Crippen molar-refractivity contribution in [2.24, 2.45) is 0 Å². The molecule has 0 fully saturated rings. The molecule has 114 valence electrons. The van der Waals surface area contributed by atoms with Crippen molar-refractivity contribution >= 4 is 0 Å². The Morgan fingerprint density at radius 3 is 2.55 bits per heavy atom. The van der Waals surface area contributed by atoms with E-state index >= 15 is 0 Å². The fourth-order valence-electron chi connectivity index (χ4n) is 1.72. The van der Waals surface area contributed by atoms with Crippen LogP contribution in [-0.2, 0) is 6.54 Å². The van der Waals surface area contributed by atoms with Crippen LogP contribution in [0.25, 0.3) is 0 Å². The third-order valence-corrected chi connectivity index (χ3v) is 2.87. The van der Waals surface area contributed by atoms with E-state index in [1.165, 1.54) is 0 Å². The number of rotatable bonds is 7. The molecule has 1 aromatic carbocycles. The average molecular weight is 281 g/mol. The Balaban J connectivity index is 2.81. The van der Waals surface area contributed by atoms with Crippen LogP contribution in [0.4, 0.5) is 0 Å². The summed E-state index contributed by atoms with van der Waals surface area (Å²) in [5, 5.41) is 12.8. The summed E-state index contributed by atoms with van der Waals surface area (Å²) in [6.07, 6.45) is 0.241. The first-order chi connectivity index (χ1) is 9.33. The van der Waals surface area contributed by atoms with Gasteiger partial charge in [0.1, 0.15) is 0 Å². The van der Waals surface area contributed by atoms with Crippen LogP contribution in [0.2, 0.25) is 0 Å². The van der Waals surface area contributed by atoms with Crippen molar-refractivity contribution in [1.29, 1.82) is 0 Å². The molecule has 0 aromatic heterocycles. The predicted octanol–water partition coefficient (Wildman–Crippen LogP) is 2.73. The zero-order chi connectivity index (χ0) is 15.2. The number of methoxy groups -OCH3 is 1. The highest BCUT2D eigenvalue weighted by atomic mass is 16.5. The topological polar surface area (TPSA) is 50.7 Å². The molecule has 4 heteroatoms. The van der Waals surface area contributed by atoms with Crippen LogP contribution in [0, 0.1) is 0 Å². The Hall–Kier alpha value is -1.26. The van der Waals surface area contributed by atoms with E-state index in [-0.39, 0.29) is 11.6 Å². The molecular formula is C16H27NO3. The Kier molecular flexibility index (Phi) is 6.30. The minimum Gasteiger partial charge on any atom is -0.493 e. The van der Waals surface area contributed by atoms with E-state index in [9.17, 15) is 5.11 Å². The van der Waals surface area contributed by atoms with Crippen LogP contribution in [0.1, 0.15) is 39.7 Å². The number of aliphatic hydroxyl groups is 1. The first kappa shape index (κ1) is 16.8. The number of ether oxygens (including phenoxy) is 2. The highest BCUT2D eigenvalue weighted by Gasteiger charge is 2.14. The lowest BCUT2D eigenvalue weighted by Crippen LogP contribution is -2.35. The summed E-state index contributed by atoms with van der Waals surface area (Å²) in [6.45, 7) is 9.32. The minimum atomic E-state index is -0.360. The van der Waals surface area contributed by atoms with E-state index in [1.807, 2.05) is 18.2 Å². The molecule has 0 saturated carbocycles. The summed E-state index contributed by atoms with van der Waals surface area (Å²) in [4.78, 5) is 0. The number of hydrogen-bond donors (Lipinski definition) is 2. The predicted molar refractivity (Wildman–Crippen MR) is 81.4 cm³/mol. The van der Waals surface area contributed by atoms with Crippen molar-refractivity contribution in [3.05, 3.63) is 23.8 Å². The number of para-hydroxylation sites is 1. The van der Waals surface area contributed by atoms with Gasteiger partial charge in [-0.3, -0.25) is 0 Å². The standard InChI is InChI=1S/C16H27NO3/c1-12(18)9-10-20-15-13(11-17-16(2,3)4)7-6-8-14(15)19-5/h6-8,12,17-18H,9-11H2,1-5H3. The normalized spacial score (nSPS) is 13.1. The molecule has 0 aliphatic heterocycles. The van der Waals surface area contributed by atoms with Gasteiger partial charge in [-0.2, -0.15) is 0 Å². The summed E-state index contributed by atoms with van der Waals surface area (Å²) in [7, 11) is 1.64. The summed E-state index contributed by atoms with van der Waals surface area (Å²) >= 11 is 0. The van der Waals surface area contributed by atoms with Crippen LogP contribution < -0.4 is 14.8 Å². The monoisotopic (exact) mass is 281 g/mol. The fraction of sp³-hybridized carbons (Fsp3) is 0.625. The van der Waals surface area contributed by atoms with E-state index in [2.05, 4.69) is 26.1 Å². The highest BCUT2D eigenvalue weighted by molar-refractivity contribution is 5.46. The highest BCUT2D eigenvalue weighted by Crippen LogP contribution is 2.31. The minimum absolute atomic E-state index is 0.0416. The summed E-state index contributed by atoms with van der Waals surface area (Å²) in [6, 6.07) is 5.87. The zero-order valence-electron chi connectivity index (χ0n) is 13.2. The smallest absolute Gasteiger partial charge is 0.165 e. The molecule has 0 amide bonds. The number of nitrogens with one attached hydrogen (secondary N) is 1. The van der Waals surface area contributed by atoms with E-state index in [4.69, 9.17) is 9.47 Å². The molecule has 0 bridgehead atoms. The Morgan fingerprint density at radius 2 is 2.00 bits per heavy atom. The maximum atomic E-state index is 9.31. The molecule has 0 saturated heterocycles. The molecule has 4 nitrogen and oxygen atoms in total. The second-order valence-corrected chi connectivity index (χ2v) is 6.04. The molecule has 1 unspecified atom stereocenters. The lowest BCUT2D eigenvalue weighted by molar-refractivity contribution is 0.153. The molecular weight excluding hydrogens is 254 g/mol. The summed E-state index contributed by atoms with van der Waals surface area (Å²) in [5.74, 6) is 1.48. The molecule has 0 spiro atoms. The van der Waals surface area contributed by atoms with Gasteiger partial charge < -0.3 is 19.9 Å². The van der Waals surface area contributed by atoms with Crippen molar-refractivity contribution in [2.75, 3.05) is 13.7 Å². The van der Waals surface area contributed by atoms with Gasteiger partial charge in [0.25, 0.3) is 0 Å². The third kappa shape index (κ3) is 5.80. The maximum Gasteiger partial charge on any atom is 0.165 e. The van der Waals surface area contributed by atoms with Gasteiger partial charge in [0.05, 0.1) is 19.8 Å². The van der Waals surface area contributed by atoms with Gasteiger partial charge in [-0.15, -0.1) is 0 Å². The quantitative estimate of drug-likeness (QED) is 0.807. The van der Waals surface area contributed by atoms with E-state index < -0.39 is 0 Å². The van der Waals surface area contributed by atoms with E-state index in [0.717, 1.165) is 17.1 Å². The average Bonchev–Trinajstić information content (AvgIpc) is 2.35. The van der Waals surface area contributed by atoms with Crippen LogP contribution in [0.3, 0.4) is 0 Å². The molecule has 1 rings (SSSR count). The Bertz CT molecular complexity index is 411. The van der Waals surface area contributed by atoms with E-state index in [1.54, 1.807) is 14.0 Å². The molecule has 0 aliphatic rings. The molecule has 1 atom stereocenters. The van der Waals surface area contributed by atoms with Gasteiger partial charge in [0.2, 0.25) is 0 Å². The lowest BCUT2D eigenvalue weighted by Gasteiger charge is -2.22. The first-order valence-electron chi connectivity index (χ1n) is 7.05. The largest absolute Gasteiger partial charge is 0.493 e. The van der Waals surface area contributed by atoms with Gasteiger partial charge in [0, 0.05) is 24.1 Å². The molecule has 2 N–H and O–H groups in total. The molecule has 20 heavy (non-hydrogen) atoms. The number of benzene rings is 1. The van der Waals surface area contributed by atoms with Gasteiger partial charge in [-0.25, -0.2) is 0 Å². The van der Waals surface area contributed by atoms with Crippen molar-refractivity contribution in [3.8, 4) is 11.5 Å². The molecule has 0 aliphatic carbocycles. The Labute approximate surface area is 122 Å². The second kappa shape index (κ2) is 7.50. The van der Waals surface area contributed by atoms with Crippen LogP contribution in [0.15, 0.2) is 18.2 Å².